The van der Waals surface area contributed by atoms with E-state index < -0.39 is 0 Å². The molecule has 5 unspecified atom stereocenters. The van der Waals surface area contributed by atoms with E-state index in [0.29, 0.717) is 10.8 Å². The lowest BCUT2D eigenvalue weighted by molar-refractivity contribution is 0.0953. The number of rotatable bonds is 3. The van der Waals surface area contributed by atoms with Gasteiger partial charge >= 0.3 is 0 Å². The monoisotopic (exact) mass is 277 g/mol. The minimum absolute atomic E-state index is 0.538. The molecule has 0 amide bonds. The molecule has 0 aromatic carbocycles. The molecule has 0 aliphatic heterocycles. The molecule has 1 N–H and O–H groups in total. The molecule has 3 saturated carbocycles. The van der Waals surface area contributed by atoms with E-state index in [1.165, 1.54) is 44.9 Å². The van der Waals surface area contributed by atoms with Crippen LogP contribution >= 0.6 is 0 Å². The minimum atomic E-state index is 0.538. The third-order valence-electron chi connectivity index (χ3n) is 7.89. The Labute approximate surface area is 126 Å². The van der Waals surface area contributed by atoms with Crippen molar-refractivity contribution in [2.24, 2.45) is 28.6 Å². The second-order valence-corrected chi connectivity index (χ2v) is 9.13. The second kappa shape index (κ2) is 5.00. The fraction of sp³-hybridized carbons (Fsp3) is 1.00. The standard InChI is InChI=1S/C19H35N/c1-13(2)15-8-6-7-9-16(15)20-17-12-14-10-11-19(17,5)18(14,3)4/h13-17,20H,6-12H2,1-5H3. The molecule has 0 saturated heterocycles. The van der Waals surface area contributed by atoms with Gasteiger partial charge < -0.3 is 5.32 Å². The normalized spacial score (nSPS) is 47.1. The molecule has 3 rings (SSSR count). The van der Waals surface area contributed by atoms with Crippen LogP contribution < -0.4 is 5.32 Å². The first-order chi connectivity index (χ1) is 9.36. The summed E-state index contributed by atoms with van der Waals surface area (Å²) in [5.41, 5.74) is 1.09. The molecule has 3 aliphatic carbocycles. The molecule has 2 bridgehead atoms. The molecule has 0 aromatic rings. The van der Waals surface area contributed by atoms with Gasteiger partial charge in [0.25, 0.3) is 0 Å². The fourth-order valence-electron chi connectivity index (χ4n) is 5.88. The van der Waals surface area contributed by atoms with E-state index in [0.717, 1.165) is 29.8 Å². The molecule has 1 heteroatoms. The highest BCUT2D eigenvalue weighted by Gasteiger charge is 2.61. The van der Waals surface area contributed by atoms with Crippen LogP contribution in [0.25, 0.3) is 0 Å². The maximum Gasteiger partial charge on any atom is 0.0132 e. The van der Waals surface area contributed by atoms with E-state index in [1.807, 2.05) is 0 Å². The van der Waals surface area contributed by atoms with Gasteiger partial charge in [-0.3, -0.25) is 0 Å². The average Bonchev–Trinajstić information content (AvgIpc) is 2.72. The highest BCUT2D eigenvalue weighted by molar-refractivity contribution is 5.13. The molecule has 0 aromatic heterocycles. The predicted molar refractivity (Wildman–Crippen MR) is 86.7 cm³/mol. The summed E-state index contributed by atoms with van der Waals surface area (Å²) < 4.78 is 0. The van der Waals surface area contributed by atoms with Gasteiger partial charge in [-0.1, -0.05) is 47.5 Å². The van der Waals surface area contributed by atoms with Crippen LogP contribution in [0.4, 0.5) is 0 Å². The Hall–Kier alpha value is -0.0400. The van der Waals surface area contributed by atoms with Crippen molar-refractivity contribution in [2.45, 2.75) is 91.6 Å². The highest BCUT2D eigenvalue weighted by atomic mass is 15.0. The molecule has 20 heavy (non-hydrogen) atoms. The molecule has 3 fully saturated rings. The van der Waals surface area contributed by atoms with Gasteiger partial charge in [0.1, 0.15) is 0 Å². The van der Waals surface area contributed by atoms with E-state index in [-0.39, 0.29) is 0 Å². The van der Waals surface area contributed by atoms with Crippen molar-refractivity contribution >= 4 is 0 Å². The largest absolute Gasteiger partial charge is 0.310 e. The Morgan fingerprint density at radius 2 is 1.70 bits per heavy atom. The first-order valence-electron chi connectivity index (χ1n) is 9.12. The Balaban J connectivity index is 1.72. The molecular formula is C19H35N. The van der Waals surface area contributed by atoms with Gasteiger partial charge in [-0.2, -0.15) is 0 Å². The van der Waals surface area contributed by atoms with Crippen molar-refractivity contribution in [3.05, 3.63) is 0 Å². The van der Waals surface area contributed by atoms with E-state index in [1.54, 1.807) is 0 Å². The van der Waals surface area contributed by atoms with Crippen LogP contribution in [-0.2, 0) is 0 Å². The van der Waals surface area contributed by atoms with Crippen LogP contribution in [0.3, 0.4) is 0 Å². The summed E-state index contributed by atoms with van der Waals surface area (Å²) in [5, 5.41) is 4.18. The Kier molecular flexibility index (Phi) is 3.72. The van der Waals surface area contributed by atoms with E-state index in [2.05, 4.69) is 39.9 Å². The summed E-state index contributed by atoms with van der Waals surface area (Å²) in [6, 6.07) is 1.57. The molecular weight excluding hydrogens is 242 g/mol. The highest BCUT2D eigenvalue weighted by Crippen LogP contribution is 2.65. The molecule has 116 valence electrons. The van der Waals surface area contributed by atoms with Gasteiger partial charge in [-0.05, 0) is 60.7 Å². The van der Waals surface area contributed by atoms with Gasteiger partial charge in [0.2, 0.25) is 0 Å². The summed E-state index contributed by atoms with van der Waals surface area (Å²) in [4.78, 5) is 0. The van der Waals surface area contributed by atoms with E-state index >= 15 is 0 Å². The quantitative estimate of drug-likeness (QED) is 0.765. The zero-order valence-corrected chi connectivity index (χ0v) is 14.3. The summed E-state index contributed by atoms with van der Waals surface area (Å²) >= 11 is 0. The summed E-state index contributed by atoms with van der Waals surface area (Å²) in [5.74, 6) is 2.72. The maximum absolute atomic E-state index is 4.18. The smallest absolute Gasteiger partial charge is 0.0132 e. The molecule has 0 heterocycles. The van der Waals surface area contributed by atoms with Crippen molar-refractivity contribution in [1.29, 1.82) is 0 Å². The Morgan fingerprint density at radius 1 is 1.00 bits per heavy atom. The lowest BCUT2D eigenvalue weighted by Gasteiger charge is -2.44. The summed E-state index contributed by atoms with van der Waals surface area (Å²) in [6.45, 7) is 12.5. The van der Waals surface area contributed by atoms with Gasteiger partial charge in [-0.25, -0.2) is 0 Å². The van der Waals surface area contributed by atoms with Gasteiger partial charge in [0, 0.05) is 12.1 Å². The van der Waals surface area contributed by atoms with Crippen LogP contribution in [0.5, 0.6) is 0 Å². The summed E-state index contributed by atoms with van der Waals surface area (Å²) in [7, 11) is 0. The number of nitrogens with one attached hydrogen (secondary N) is 1. The number of fused-ring (bicyclic) bond motifs is 2. The first kappa shape index (κ1) is 14.9. The van der Waals surface area contributed by atoms with Crippen molar-refractivity contribution < 1.29 is 0 Å². The molecule has 3 aliphatic rings. The van der Waals surface area contributed by atoms with Crippen LogP contribution in [0.15, 0.2) is 0 Å². The maximum atomic E-state index is 4.18. The van der Waals surface area contributed by atoms with Crippen LogP contribution in [0.2, 0.25) is 0 Å². The molecule has 0 radical (unpaired) electrons. The molecule has 1 nitrogen and oxygen atoms in total. The SMILES string of the molecule is CC(C)C1CCCCC1NC1CC2CCC1(C)C2(C)C. The van der Waals surface area contributed by atoms with Crippen molar-refractivity contribution in [3.8, 4) is 0 Å². The number of hydrogen-bond donors (Lipinski definition) is 1. The van der Waals surface area contributed by atoms with Gasteiger partial charge in [0.15, 0.2) is 0 Å². The molecule has 5 atom stereocenters. The van der Waals surface area contributed by atoms with E-state index in [4.69, 9.17) is 0 Å². The topological polar surface area (TPSA) is 12.0 Å². The lowest BCUT2D eigenvalue weighted by Crippen LogP contribution is -2.52. The van der Waals surface area contributed by atoms with Crippen LogP contribution in [0, 0.1) is 28.6 Å². The van der Waals surface area contributed by atoms with Crippen molar-refractivity contribution in [1.82, 2.24) is 5.32 Å². The Morgan fingerprint density at radius 3 is 2.25 bits per heavy atom. The third-order valence-corrected chi connectivity index (χ3v) is 7.89. The number of hydrogen-bond acceptors (Lipinski definition) is 1. The van der Waals surface area contributed by atoms with Crippen LogP contribution in [-0.4, -0.2) is 12.1 Å². The average molecular weight is 277 g/mol. The van der Waals surface area contributed by atoms with Crippen molar-refractivity contribution in [3.63, 3.8) is 0 Å². The van der Waals surface area contributed by atoms with Gasteiger partial charge in [-0.15, -0.1) is 0 Å². The van der Waals surface area contributed by atoms with Crippen molar-refractivity contribution in [2.75, 3.05) is 0 Å². The summed E-state index contributed by atoms with van der Waals surface area (Å²) in [6.07, 6.45) is 10.1. The van der Waals surface area contributed by atoms with Crippen LogP contribution in [0.1, 0.15) is 79.6 Å². The zero-order valence-electron chi connectivity index (χ0n) is 14.3. The minimum Gasteiger partial charge on any atom is -0.310 e. The Bertz CT molecular complexity index is 359. The third kappa shape index (κ3) is 2.07. The van der Waals surface area contributed by atoms with E-state index in [9.17, 15) is 0 Å². The fourth-order valence-corrected chi connectivity index (χ4v) is 5.88. The van der Waals surface area contributed by atoms with Gasteiger partial charge in [0.05, 0.1) is 0 Å². The zero-order chi connectivity index (χ0) is 14.5. The predicted octanol–water partition coefficient (Wildman–Crippen LogP) is 5.01. The first-order valence-corrected chi connectivity index (χ1v) is 9.12. The lowest BCUT2D eigenvalue weighted by atomic mass is 9.68. The molecule has 0 spiro atoms. The second-order valence-electron chi connectivity index (χ2n) is 9.13.